The molecule has 55 heavy (non-hydrogen) atoms. The number of fused-ring (bicyclic) bond motifs is 13. The van der Waals surface area contributed by atoms with E-state index in [1.807, 2.05) is 0 Å². The number of likely N-dealkylation sites (tertiary alicyclic amines) is 1. The Morgan fingerprint density at radius 2 is 1.67 bits per heavy atom. The number of nitrogens with zero attached hydrogens (tertiary/aromatic N) is 2. The number of aromatic hydroxyl groups is 1. The van der Waals surface area contributed by atoms with Gasteiger partial charge in [-0.05, 0) is 38.7 Å². The van der Waals surface area contributed by atoms with E-state index in [-0.39, 0.29) is 62.9 Å². The summed E-state index contributed by atoms with van der Waals surface area (Å²) >= 11 is 0. The van der Waals surface area contributed by atoms with Gasteiger partial charge in [0.2, 0.25) is 5.78 Å². The third-order valence-electron chi connectivity index (χ3n) is 11.9. The smallest absolute Gasteiger partial charge is 0.312 e. The highest BCUT2D eigenvalue weighted by atomic mass is 16.7. The Morgan fingerprint density at radius 1 is 0.982 bits per heavy atom. The fourth-order valence-electron chi connectivity index (χ4n) is 8.30. The summed E-state index contributed by atoms with van der Waals surface area (Å²) in [6, 6.07) is 0. The molecular formula is C42H56N4O9. The van der Waals surface area contributed by atoms with Crippen LogP contribution in [0.25, 0.3) is 0 Å². The number of aliphatic hydroxyl groups is 3. The van der Waals surface area contributed by atoms with Gasteiger partial charge in [-0.3, -0.25) is 19.4 Å². The number of rotatable bonds is 2. The van der Waals surface area contributed by atoms with Gasteiger partial charge in [-0.15, -0.1) is 0 Å². The summed E-state index contributed by atoms with van der Waals surface area (Å²) in [7, 11) is 0. The lowest BCUT2D eigenvalue weighted by Crippen LogP contribution is -2.50. The zero-order chi connectivity index (χ0) is 40.1. The number of phenolic OH excluding ortho intramolecular Hbond substituents is 1. The lowest BCUT2D eigenvalue weighted by molar-refractivity contribution is -0.116. The van der Waals surface area contributed by atoms with E-state index in [0.717, 1.165) is 19.6 Å². The number of Topliss-reactive ketones (excluding diaryl/α,β-unsaturated/α-hetero) is 2. The second kappa shape index (κ2) is 15.3. The fourth-order valence-corrected chi connectivity index (χ4v) is 8.30. The first kappa shape index (κ1) is 40.4. The standard InChI is InChI=1S/C42H56N4O9/c1-21(2)20-46-17-15-42(16-18-46)44-31-28-29-36(50)26(7)38-30(28)39(52)41(8,55-38)54-19-10-9-14-27(47)24(5)35(49)25(6)34(48)22(3)12-11-13-23(4)40(53)43-33(37(29)51)32(31)45-42/h10-13,19,21-22,24-25,27,34-35,45,47-50H,9,14-18,20H2,1-8H3,(H,43,53)/b12-11+,19-10+,23-13-/t22?,24-,25+,27+,34-,35?,41?/m0/s1. The Bertz CT molecular complexity index is 1900. The van der Waals surface area contributed by atoms with Gasteiger partial charge in [0.05, 0.1) is 47.1 Å². The average molecular weight is 761 g/mol. The lowest BCUT2D eigenvalue weighted by Gasteiger charge is -2.38. The summed E-state index contributed by atoms with van der Waals surface area (Å²) in [6.45, 7) is 16.6. The zero-order valence-corrected chi connectivity index (χ0v) is 33.1. The zero-order valence-electron chi connectivity index (χ0n) is 33.1. The van der Waals surface area contributed by atoms with Crippen molar-refractivity contribution in [3.63, 3.8) is 0 Å². The Balaban J connectivity index is 1.46. The van der Waals surface area contributed by atoms with E-state index in [2.05, 4.69) is 29.4 Å². The highest BCUT2D eigenvalue weighted by molar-refractivity contribution is 6.34. The molecule has 1 saturated heterocycles. The van der Waals surface area contributed by atoms with Crippen LogP contribution in [0.4, 0.5) is 0 Å². The summed E-state index contributed by atoms with van der Waals surface area (Å²) in [6.07, 6.45) is 6.89. The number of piperidine rings is 1. The molecule has 0 saturated carbocycles. The number of hydrogen-bond donors (Lipinski definition) is 6. The largest absolute Gasteiger partial charge is 0.507 e. The minimum atomic E-state index is -1.85. The molecule has 7 rings (SSSR count). The molecule has 6 aliphatic rings. The molecule has 298 valence electrons. The molecule has 5 aliphatic heterocycles. The highest BCUT2D eigenvalue weighted by Crippen LogP contribution is 2.50. The van der Waals surface area contributed by atoms with Crippen LogP contribution in [0.5, 0.6) is 11.5 Å². The predicted octanol–water partition coefficient (Wildman–Crippen LogP) is 4.17. The van der Waals surface area contributed by atoms with Crippen LogP contribution in [0, 0.1) is 30.6 Å². The third kappa shape index (κ3) is 7.39. The molecule has 5 heterocycles. The van der Waals surface area contributed by atoms with Crippen molar-refractivity contribution in [2.75, 3.05) is 19.6 Å². The molecule has 6 N–H and O–H groups in total. The van der Waals surface area contributed by atoms with Crippen LogP contribution in [0.1, 0.15) is 106 Å². The van der Waals surface area contributed by atoms with Gasteiger partial charge < -0.3 is 45.4 Å². The molecular weight excluding hydrogens is 704 g/mol. The number of allylic oxidation sites excluding steroid dienone is 5. The lowest BCUT2D eigenvalue weighted by atomic mass is 9.81. The van der Waals surface area contributed by atoms with Gasteiger partial charge in [-0.2, -0.15) is 0 Å². The number of ketones is 2. The fraction of sp³-hybridized carbons (Fsp3) is 0.571. The van der Waals surface area contributed by atoms with E-state index < -0.39 is 65.0 Å². The molecule has 7 atom stereocenters. The number of aliphatic hydroxyl groups excluding tert-OH is 3. The van der Waals surface area contributed by atoms with Gasteiger partial charge in [0.15, 0.2) is 0 Å². The number of carbonyl (C=O) groups excluding carboxylic acids is 3. The molecule has 5 bridgehead atoms. The number of amides is 1. The number of phenols is 1. The van der Waals surface area contributed by atoms with Crippen molar-refractivity contribution < 1.29 is 44.3 Å². The van der Waals surface area contributed by atoms with Crippen LogP contribution >= 0.6 is 0 Å². The summed E-state index contributed by atoms with van der Waals surface area (Å²) in [4.78, 5) is 50.3. The minimum absolute atomic E-state index is 0.0617. The molecule has 13 heteroatoms. The first-order valence-electron chi connectivity index (χ1n) is 19.5. The molecule has 13 nitrogen and oxygen atoms in total. The maximum atomic E-state index is 14.6. The molecule has 3 unspecified atom stereocenters. The normalized spacial score (nSPS) is 33.6. The number of ether oxygens (including phenoxy) is 2. The summed E-state index contributed by atoms with van der Waals surface area (Å²) in [5.74, 6) is -5.05. The van der Waals surface area contributed by atoms with E-state index >= 15 is 0 Å². The van der Waals surface area contributed by atoms with Crippen LogP contribution in [0.2, 0.25) is 0 Å². The Hall–Kier alpha value is -4.30. The van der Waals surface area contributed by atoms with Crippen molar-refractivity contribution in [2.24, 2.45) is 28.7 Å². The maximum Gasteiger partial charge on any atom is 0.312 e. The van der Waals surface area contributed by atoms with Gasteiger partial charge in [-0.1, -0.05) is 52.8 Å². The van der Waals surface area contributed by atoms with Crippen molar-refractivity contribution in [1.82, 2.24) is 15.5 Å². The molecule has 0 radical (unpaired) electrons. The van der Waals surface area contributed by atoms with Crippen molar-refractivity contribution in [1.29, 1.82) is 0 Å². The van der Waals surface area contributed by atoms with Crippen molar-refractivity contribution in [2.45, 2.75) is 111 Å². The number of benzene rings is 1. The van der Waals surface area contributed by atoms with E-state index in [1.165, 1.54) is 13.2 Å². The van der Waals surface area contributed by atoms with Gasteiger partial charge in [-0.25, -0.2) is 0 Å². The van der Waals surface area contributed by atoms with E-state index in [0.29, 0.717) is 25.2 Å². The van der Waals surface area contributed by atoms with Crippen molar-refractivity contribution in [3.05, 3.63) is 69.8 Å². The number of carbonyl (C=O) groups is 3. The van der Waals surface area contributed by atoms with E-state index in [4.69, 9.17) is 14.5 Å². The summed E-state index contributed by atoms with van der Waals surface area (Å²) in [5.41, 5.74) is 0.104. The summed E-state index contributed by atoms with van der Waals surface area (Å²) < 4.78 is 12.1. The Morgan fingerprint density at radius 3 is 2.35 bits per heavy atom. The first-order valence-corrected chi connectivity index (χ1v) is 19.5. The second-order valence-corrected chi connectivity index (χ2v) is 16.6. The third-order valence-corrected chi connectivity index (χ3v) is 11.9. The van der Waals surface area contributed by atoms with Crippen molar-refractivity contribution >= 4 is 23.2 Å². The van der Waals surface area contributed by atoms with E-state index in [9.17, 15) is 34.8 Å². The van der Waals surface area contributed by atoms with Crippen LogP contribution in [0.3, 0.4) is 0 Å². The second-order valence-electron chi connectivity index (χ2n) is 16.6. The highest BCUT2D eigenvalue weighted by Gasteiger charge is 2.54. The van der Waals surface area contributed by atoms with Crippen LogP contribution in [-0.4, -0.2) is 97.9 Å². The molecule has 0 aromatic heterocycles. The van der Waals surface area contributed by atoms with Crippen LogP contribution < -0.4 is 15.4 Å². The average Bonchev–Trinajstić information content (AvgIpc) is 3.64. The molecule has 1 aromatic rings. The van der Waals surface area contributed by atoms with Gasteiger partial charge >= 0.3 is 5.79 Å². The molecule has 1 spiro atoms. The van der Waals surface area contributed by atoms with Crippen LogP contribution in [-0.2, 0) is 9.53 Å². The molecule has 1 fully saturated rings. The maximum absolute atomic E-state index is 14.6. The molecule has 1 aromatic carbocycles. The minimum Gasteiger partial charge on any atom is -0.507 e. The SMILES string of the molecule is C/C1=C/C=C/C(C)[C@H](O)[C@@H](C)C(O)[C@@H](C)[C@H](O)CC/C=C/OC2(C)Oc3c(C)c(O)c4c(c3C2=O)C2=NC3(CCN(CC(C)C)CC3)NC2=C(NC1=O)C4=O. The Labute approximate surface area is 322 Å². The van der Waals surface area contributed by atoms with E-state index in [1.54, 1.807) is 58.9 Å². The Kier molecular flexibility index (Phi) is 11.2. The number of aliphatic imine (C=N–C) groups is 1. The van der Waals surface area contributed by atoms with Gasteiger partial charge in [0, 0.05) is 73.9 Å². The first-order chi connectivity index (χ1) is 25.9. The monoisotopic (exact) mass is 760 g/mol. The predicted molar refractivity (Wildman–Crippen MR) is 206 cm³/mol. The number of nitrogens with one attached hydrogen (secondary N) is 2. The van der Waals surface area contributed by atoms with Crippen molar-refractivity contribution in [3.8, 4) is 11.5 Å². The van der Waals surface area contributed by atoms with Gasteiger partial charge in [0.25, 0.3) is 11.7 Å². The topological polar surface area (TPSA) is 190 Å². The van der Waals surface area contributed by atoms with Gasteiger partial charge in [0.1, 0.15) is 22.9 Å². The van der Waals surface area contributed by atoms with Crippen LogP contribution in [0.15, 0.2) is 52.5 Å². The molecule has 1 aliphatic carbocycles. The quantitative estimate of drug-likeness (QED) is 0.254. The molecule has 1 amide bonds. The summed E-state index contributed by atoms with van der Waals surface area (Å²) in [5, 5.41) is 51.0. The number of hydrogen-bond acceptors (Lipinski definition) is 12.